The van der Waals surface area contributed by atoms with Crippen molar-refractivity contribution >= 4 is 17.9 Å². The quantitative estimate of drug-likeness (QED) is 0.273. The molecule has 0 saturated carbocycles. The molecule has 2 aromatic heterocycles. The fraction of sp³-hybridized carbons (Fsp3) is 0.308. The van der Waals surface area contributed by atoms with E-state index in [1.165, 1.54) is 24.1 Å². The van der Waals surface area contributed by atoms with Crippen molar-refractivity contribution < 1.29 is 18.6 Å². The Bertz CT molecular complexity index is 1290. The largest absolute Gasteiger partial charge is 0.494 e. The fourth-order valence-corrected chi connectivity index (χ4v) is 4.61. The van der Waals surface area contributed by atoms with Gasteiger partial charge < -0.3 is 14.2 Å². The van der Waals surface area contributed by atoms with Crippen LogP contribution in [-0.4, -0.2) is 51.3 Å². The second kappa shape index (κ2) is 12.0. The van der Waals surface area contributed by atoms with Crippen LogP contribution in [0.1, 0.15) is 35.8 Å². The van der Waals surface area contributed by atoms with Crippen LogP contribution >= 0.6 is 11.9 Å². The summed E-state index contributed by atoms with van der Waals surface area (Å²) in [4.78, 5) is 8.85. The molecule has 194 valence electrons. The van der Waals surface area contributed by atoms with Gasteiger partial charge in [0.05, 0.1) is 19.5 Å². The third-order valence-corrected chi connectivity index (χ3v) is 6.62. The van der Waals surface area contributed by atoms with E-state index in [0.29, 0.717) is 41.2 Å². The van der Waals surface area contributed by atoms with E-state index in [-0.39, 0.29) is 17.2 Å². The van der Waals surface area contributed by atoms with Crippen molar-refractivity contribution in [3.8, 4) is 17.2 Å². The lowest BCUT2D eigenvalue weighted by molar-refractivity contribution is 0.0972. The number of nitrogens with one attached hydrogen (secondary N) is 1. The van der Waals surface area contributed by atoms with Gasteiger partial charge in [-0.05, 0) is 61.2 Å². The van der Waals surface area contributed by atoms with E-state index in [4.69, 9.17) is 14.2 Å². The van der Waals surface area contributed by atoms with Crippen LogP contribution in [0.2, 0.25) is 0 Å². The first-order valence-corrected chi connectivity index (χ1v) is 12.5. The summed E-state index contributed by atoms with van der Waals surface area (Å²) in [5.41, 5.74) is 2.51. The number of anilines is 1. The number of para-hydroxylation sites is 1. The summed E-state index contributed by atoms with van der Waals surface area (Å²) >= 11 is 1.41. The molecule has 2 aromatic carbocycles. The number of hydrogen-bond donors (Lipinski definition) is 1. The van der Waals surface area contributed by atoms with E-state index >= 15 is 0 Å². The van der Waals surface area contributed by atoms with Gasteiger partial charge in [0.2, 0.25) is 5.95 Å². The summed E-state index contributed by atoms with van der Waals surface area (Å²) < 4.78 is 35.7. The first kappa shape index (κ1) is 26.4. The molecular formula is C26H29FN6O3S. The molecule has 0 bridgehead atoms. The Morgan fingerprint density at radius 2 is 1.62 bits per heavy atom. The topological polar surface area (TPSA) is 96.2 Å². The van der Waals surface area contributed by atoms with E-state index in [0.717, 1.165) is 11.1 Å². The van der Waals surface area contributed by atoms with Gasteiger partial charge in [0.25, 0.3) is 0 Å². The molecule has 2 heterocycles. The molecule has 0 aliphatic carbocycles. The van der Waals surface area contributed by atoms with Gasteiger partial charge in [0, 0.05) is 25.9 Å². The molecule has 4 aromatic rings. The lowest BCUT2D eigenvalue weighted by atomic mass is 10.1. The number of benzene rings is 2. The second-order valence-electron chi connectivity index (χ2n) is 8.29. The highest BCUT2D eigenvalue weighted by molar-refractivity contribution is 8.01. The fourth-order valence-electron chi connectivity index (χ4n) is 3.83. The van der Waals surface area contributed by atoms with E-state index in [1.54, 1.807) is 45.9 Å². The Morgan fingerprint density at radius 3 is 2.22 bits per heavy atom. The summed E-state index contributed by atoms with van der Waals surface area (Å²) in [5, 5.41) is 8.79. The van der Waals surface area contributed by atoms with Crippen LogP contribution in [0.5, 0.6) is 11.5 Å². The molecule has 2 unspecified atom stereocenters. The normalized spacial score (nSPS) is 12.7. The molecule has 9 nitrogen and oxygen atoms in total. The molecule has 0 radical (unpaired) electrons. The maximum Gasteiger partial charge on any atom is 0.239 e. The second-order valence-corrected chi connectivity index (χ2v) is 9.47. The SMILES string of the molecule is COc1cccc(OC)c1-n1c(Cc2ccc(F)cc2)nnc1NSC(C)C(OC)c1ncc(C)cn1. The highest BCUT2D eigenvalue weighted by atomic mass is 32.2. The number of nitrogens with zero attached hydrogens (tertiary/aromatic N) is 5. The smallest absolute Gasteiger partial charge is 0.239 e. The molecule has 37 heavy (non-hydrogen) atoms. The van der Waals surface area contributed by atoms with Gasteiger partial charge in [-0.3, -0.25) is 9.29 Å². The highest BCUT2D eigenvalue weighted by Gasteiger charge is 2.25. The van der Waals surface area contributed by atoms with Crippen molar-refractivity contribution in [3.63, 3.8) is 0 Å². The summed E-state index contributed by atoms with van der Waals surface area (Å²) in [6, 6.07) is 11.8. The summed E-state index contributed by atoms with van der Waals surface area (Å²) in [6.45, 7) is 3.95. The van der Waals surface area contributed by atoms with E-state index < -0.39 is 0 Å². The number of halogens is 1. The monoisotopic (exact) mass is 524 g/mol. The van der Waals surface area contributed by atoms with Crippen LogP contribution in [0.4, 0.5) is 10.3 Å². The molecule has 4 rings (SSSR count). The van der Waals surface area contributed by atoms with Crippen LogP contribution in [-0.2, 0) is 11.2 Å². The van der Waals surface area contributed by atoms with Crippen molar-refractivity contribution in [1.29, 1.82) is 0 Å². The molecule has 0 aliphatic rings. The Kier molecular flexibility index (Phi) is 8.57. The van der Waals surface area contributed by atoms with Gasteiger partial charge in [-0.1, -0.05) is 18.2 Å². The standard InChI is InChI=1S/C26H29FN6O3S/c1-16-14-28-25(29-15-16)24(36-5)17(2)37-32-26-31-30-22(13-18-9-11-19(27)12-10-18)33(26)23-20(34-3)7-6-8-21(23)35-4/h6-12,14-15,17,24H,13H2,1-5H3,(H,31,32). The zero-order valence-corrected chi connectivity index (χ0v) is 22.1. The van der Waals surface area contributed by atoms with Crippen molar-refractivity contribution in [2.45, 2.75) is 31.6 Å². The average molecular weight is 525 g/mol. The van der Waals surface area contributed by atoms with Crippen LogP contribution < -0.4 is 14.2 Å². The van der Waals surface area contributed by atoms with Crippen molar-refractivity contribution in [2.75, 3.05) is 26.1 Å². The Morgan fingerprint density at radius 1 is 0.973 bits per heavy atom. The minimum absolute atomic E-state index is 0.0852. The van der Waals surface area contributed by atoms with E-state index in [1.807, 2.05) is 36.6 Å². The van der Waals surface area contributed by atoms with Crippen LogP contribution in [0.15, 0.2) is 54.9 Å². The maximum absolute atomic E-state index is 13.5. The molecule has 11 heteroatoms. The number of rotatable bonds is 11. The zero-order valence-electron chi connectivity index (χ0n) is 21.3. The van der Waals surface area contributed by atoms with E-state index in [2.05, 4.69) is 24.9 Å². The number of methoxy groups -OCH3 is 3. The van der Waals surface area contributed by atoms with Gasteiger partial charge in [-0.2, -0.15) is 0 Å². The first-order chi connectivity index (χ1) is 17.9. The van der Waals surface area contributed by atoms with Gasteiger partial charge in [-0.15, -0.1) is 10.2 Å². The Hall–Kier alpha value is -3.70. The highest BCUT2D eigenvalue weighted by Crippen LogP contribution is 2.37. The molecule has 0 spiro atoms. The van der Waals surface area contributed by atoms with Crippen molar-refractivity contribution in [3.05, 3.63) is 83.5 Å². The van der Waals surface area contributed by atoms with Gasteiger partial charge in [-0.25, -0.2) is 14.4 Å². The first-order valence-electron chi connectivity index (χ1n) is 11.6. The molecule has 0 aliphatic heterocycles. The molecular weight excluding hydrogens is 495 g/mol. The van der Waals surface area contributed by atoms with Gasteiger partial charge in [0.15, 0.2) is 5.82 Å². The lowest BCUT2D eigenvalue weighted by Crippen LogP contribution is -2.19. The molecule has 0 saturated heterocycles. The summed E-state index contributed by atoms with van der Waals surface area (Å²) in [5.74, 6) is 2.56. The number of hydrogen-bond acceptors (Lipinski definition) is 9. The molecule has 0 fully saturated rings. The van der Waals surface area contributed by atoms with Crippen molar-refractivity contribution in [1.82, 2.24) is 24.7 Å². The summed E-state index contributed by atoms with van der Waals surface area (Å²) in [6.07, 6.45) is 3.60. The molecule has 1 N–H and O–H groups in total. The number of aromatic nitrogens is 5. The van der Waals surface area contributed by atoms with Crippen LogP contribution in [0, 0.1) is 12.7 Å². The van der Waals surface area contributed by atoms with Crippen LogP contribution in [0.25, 0.3) is 5.69 Å². The van der Waals surface area contributed by atoms with E-state index in [9.17, 15) is 4.39 Å². The zero-order chi connectivity index (χ0) is 26.4. The maximum atomic E-state index is 13.5. The van der Waals surface area contributed by atoms with Crippen molar-refractivity contribution in [2.24, 2.45) is 0 Å². The molecule has 2 atom stereocenters. The van der Waals surface area contributed by atoms with Crippen LogP contribution in [0.3, 0.4) is 0 Å². The Balaban J connectivity index is 1.68. The summed E-state index contributed by atoms with van der Waals surface area (Å²) in [7, 11) is 4.82. The third-order valence-electron chi connectivity index (χ3n) is 5.70. The number of ether oxygens (including phenoxy) is 3. The number of aryl methyl sites for hydroxylation is 1. The predicted molar refractivity (Wildman–Crippen MR) is 141 cm³/mol. The lowest BCUT2D eigenvalue weighted by Gasteiger charge is -2.22. The van der Waals surface area contributed by atoms with Gasteiger partial charge >= 0.3 is 0 Å². The average Bonchev–Trinajstić information content (AvgIpc) is 3.31. The Labute approximate surface area is 219 Å². The molecule has 0 amide bonds. The van der Waals surface area contributed by atoms with Gasteiger partial charge in [0.1, 0.15) is 34.9 Å². The predicted octanol–water partition coefficient (Wildman–Crippen LogP) is 4.95. The third kappa shape index (κ3) is 6.00. The minimum Gasteiger partial charge on any atom is -0.494 e. The minimum atomic E-state index is -0.353.